The van der Waals surface area contributed by atoms with Crippen LogP contribution in [0.25, 0.3) is 0 Å². The highest BCUT2D eigenvalue weighted by Crippen LogP contribution is 2.27. The molecule has 0 bridgehead atoms. The predicted molar refractivity (Wildman–Crippen MR) is 107 cm³/mol. The van der Waals surface area contributed by atoms with Crippen molar-refractivity contribution in [1.82, 2.24) is 4.31 Å². The molecule has 1 fully saturated rings. The lowest BCUT2D eigenvalue weighted by Crippen LogP contribution is -2.40. The monoisotopic (exact) mass is 442 g/mol. The second-order valence-electron chi connectivity index (χ2n) is 6.99. The van der Waals surface area contributed by atoms with E-state index >= 15 is 0 Å². The summed E-state index contributed by atoms with van der Waals surface area (Å²) in [5, 5.41) is 0. The van der Waals surface area contributed by atoms with Crippen LogP contribution in [0.3, 0.4) is 0 Å². The van der Waals surface area contributed by atoms with Crippen molar-refractivity contribution in [3.8, 4) is 0 Å². The van der Waals surface area contributed by atoms with Crippen LogP contribution in [0, 0.1) is 26.6 Å². The van der Waals surface area contributed by atoms with Crippen molar-refractivity contribution in [2.24, 2.45) is 0 Å². The summed E-state index contributed by atoms with van der Waals surface area (Å²) in [5.41, 5.74) is 2.04. The van der Waals surface area contributed by atoms with Gasteiger partial charge in [-0.15, -0.1) is 0 Å². The first-order chi connectivity index (χ1) is 13.5. The zero-order valence-corrected chi connectivity index (χ0v) is 18.0. The van der Waals surface area contributed by atoms with E-state index in [1.54, 1.807) is 26.0 Å². The first-order valence-corrected chi connectivity index (χ1v) is 11.9. The lowest BCUT2D eigenvalue weighted by molar-refractivity contribution is 0.0729. The van der Waals surface area contributed by atoms with E-state index in [4.69, 9.17) is 4.74 Å². The van der Waals surface area contributed by atoms with Crippen molar-refractivity contribution < 1.29 is 26.0 Å². The Balaban J connectivity index is 1.98. The van der Waals surface area contributed by atoms with Crippen molar-refractivity contribution in [3.63, 3.8) is 0 Å². The molecule has 1 saturated heterocycles. The Labute approximate surface area is 170 Å². The molecule has 2 aromatic rings. The molecule has 2 aromatic carbocycles. The van der Waals surface area contributed by atoms with Crippen LogP contribution in [0.4, 0.5) is 10.1 Å². The van der Waals surface area contributed by atoms with E-state index in [1.165, 1.54) is 6.07 Å². The molecule has 1 heterocycles. The molecule has 7 nitrogen and oxygen atoms in total. The molecular weight excluding hydrogens is 419 g/mol. The summed E-state index contributed by atoms with van der Waals surface area (Å²) in [6.45, 7) is 5.91. The van der Waals surface area contributed by atoms with Crippen molar-refractivity contribution in [2.75, 3.05) is 31.0 Å². The molecule has 158 valence electrons. The lowest BCUT2D eigenvalue weighted by atomic mass is 10.1. The smallest absolute Gasteiger partial charge is 0.262 e. The number of hydrogen-bond acceptors (Lipinski definition) is 5. The lowest BCUT2D eigenvalue weighted by Gasteiger charge is -2.26. The van der Waals surface area contributed by atoms with Crippen LogP contribution in [-0.2, 0) is 24.8 Å². The summed E-state index contributed by atoms with van der Waals surface area (Å²) < 4.78 is 74.4. The Morgan fingerprint density at radius 2 is 1.55 bits per heavy atom. The van der Waals surface area contributed by atoms with E-state index in [-0.39, 0.29) is 36.9 Å². The highest BCUT2D eigenvalue weighted by Gasteiger charge is 2.30. The average molecular weight is 443 g/mol. The molecule has 0 aliphatic carbocycles. The fraction of sp³-hybridized carbons (Fsp3) is 0.368. The number of benzene rings is 2. The Hall–Kier alpha value is -2.01. The number of nitrogens with one attached hydrogen (secondary N) is 1. The summed E-state index contributed by atoms with van der Waals surface area (Å²) in [4.78, 5) is -0.457. The normalized spacial score (nSPS) is 16.0. The first-order valence-electron chi connectivity index (χ1n) is 9.00. The van der Waals surface area contributed by atoms with Crippen LogP contribution < -0.4 is 4.72 Å². The Morgan fingerprint density at radius 1 is 0.966 bits per heavy atom. The summed E-state index contributed by atoms with van der Waals surface area (Å²) >= 11 is 0. The van der Waals surface area contributed by atoms with Crippen LogP contribution in [0.1, 0.15) is 16.7 Å². The minimum absolute atomic E-state index is 0.0300. The number of rotatable bonds is 5. The van der Waals surface area contributed by atoms with E-state index in [0.717, 1.165) is 22.0 Å². The topological polar surface area (TPSA) is 92.8 Å². The fourth-order valence-corrected chi connectivity index (χ4v) is 6.49. The number of aryl methyl sites for hydroxylation is 3. The maximum absolute atomic E-state index is 14.3. The molecule has 1 aliphatic rings. The van der Waals surface area contributed by atoms with Crippen LogP contribution in [0.5, 0.6) is 0 Å². The van der Waals surface area contributed by atoms with Gasteiger partial charge in [0.25, 0.3) is 10.0 Å². The zero-order valence-electron chi connectivity index (χ0n) is 16.4. The van der Waals surface area contributed by atoms with Gasteiger partial charge in [0.15, 0.2) is 0 Å². The molecule has 1 N–H and O–H groups in total. The van der Waals surface area contributed by atoms with Gasteiger partial charge in [0, 0.05) is 13.1 Å². The molecule has 0 unspecified atom stereocenters. The van der Waals surface area contributed by atoms with Gasteiger partial charge in [-0.1, -0.05) is 17.7 Å². The number of sulfonamides is 2. The summed E-state index contributed by atoms with van der Waals surface area (Å²) in [7, 11) is -8.11. The van der Waals surface area contributed by atoms with E-state index < -0.39 is 30.8 Å². The number of anilines is 1. The molecular formula is C19H23FN2O5S2. The van der Waals surface area contributed by atoms with Gasteiger partial charge in [-0.2, -0.15) is 4.31 Å². The molecule has 0 atom stereocenters. The standard InChI is InChI=1S/C19H23FN2O5S2/c1-13-10-14(2)19(15(3)11-13)28(23,24)21-16-4-5-17(20)18(12-16)29(25,26)22-6-8-27-9-7-22/h4-5,10-12,21H,6-9H2,1-3H3. The SMILES string of the molecule is Cc1cc(C)c(S(=O)(=O)Nc2ccc(F)c(S(=O)(=O)N3CCOCC3)c2)c(C)c1. The van der Waals surface area contributed by atoms with Gasteiger partial charge in [0.1, 0.15) is 10.7 Å². The van der Waals surface area contributed by atoms with Gasteiger partial charge >= 0.3 is 0 Å². The summed E-state index contributed by atoms with van der Waals surface area (Å²) in [5.74, 6) is -0.942. The Bertz CT molecular complexity index is 1120. The highest BCUT2D eigenvalue weighted by atomic mass is 32.2. The van der Waals surface area contributed by atoms with Gasteiger partial charge in [0.05, 0.1) is 23.8 Å². The second kappa shape index (κ2) is 8.02. The number of halogens is 1. The fourth-order valence-electron chi connectivity index (χ4n) is 3.49. The van der Waals surface area contributed by atoms with Crippen LogP contribution >= 0.6 is 0 Å². The van der Waals surface area contributed by atoms with E-state index in [9.17, 15) is 21.2 Å². The highest BCUT2D eigenvalue weighted by molar-refractivity contribution is 7.92. The minimum atomic E-state index is -4.11. The van der Waals surface area contributed by atoms with Crippen LogP contribution in [0.2, 0.25) is 0 Å². The third-order valence-corrected chi connectivity index (χ3v) is 8.24. The minimum Gasteiger partial charge on any atom is -0.379 e. The molecule has 0 saturated carbocycles. The number of nitrogens with zero attached hydrogens (tertiary/aromatic N) is 1. The number of ether oxygens (including phenoxy) is 1. The van der Waals surface area contributed by atoms with E-state index in [1.807, 2.05) is 6.92 Å². The predicted octanol–water partition coefficient (Wildman–Crippen LogP) is 2.57. The van der Waals surface area contributed by atoms with Gasteiger partial charge in [-0.25, -0.2) is 21.2 Å². The quantitative estimate of drug-likeness (QED) is 0.768. The molecule has 10 heteroatoms. The average Bonchev–Trinajstić information content (AvgIpc) is 2.62. The maximum Gasteiger partial charge on any atom is 0.262 e. The summed E-state index contributed by atoms with van der Waals surface area (Å²) in [6, 6.07) is 6.65. The van der Waals surface area contributed by atoms with E-state index in [0.29, 0.717) is 11.1 Å². The van der Waals surface area contributed by atoms with Crippen LogP contribution in [0.15, 0.2) is 40.1 Å². The molecule has 0 radical (unpaired) electrons. The van der Waals surface area contributed by atoms with Crippen molar-refractivity contribution >= 4 is 25.7 Å². The maximum atomic E-state index is 14.3. The number of hydrogen-bond donors (Lipinski definition) is 1. The molecule has 29 heavy (non-hydrogen) atoms. The van der Waals surface area contributed by atoms with E-state index in [2.05, 4.69) is 4.72 Å². The molecule has 0 spiro atoms. The van der Waals surface area contributed by atoms with Crippen molar-refractivity contribution in [1.29, 1.82) is 0 Å². The second-order valence-corrected chi connectivity index (χ2v) is 10.5. The third kappa shape index (κ3) is 4.45. The Morgan fingerprint density at radius 3 is 2.14 bits per heavy atom. The van der Waals surface area contributed by atoms with Crippen molar-refractivity contribution in [3.05, 3.63) is 52.8 Å². The molecule has 0 amide bonds. The zero-order chi connectivity index (χ0) is 21.4. The molecule has 3 rings (SSSR count). The molecule has 0 aromatic heterocycles. The van der Waals surface area contributed by atoms with Gasteiger partial charge in [-0.3, -0.25) is 4.72 Å². The Kier molecular flexibility index (Phi) is 6.00. The van der Waals surface area contributed by atoms with Gasteiger partial charge in [-0.05, 0) is 50.1 Å². The van der Waals surface area contributed by atoms with Gasteiger partial charge < -0.3 is 4.74 Å². The third-order valence-electron chi connectivity index (χ3n) is 4.64. The van der Waals surface area contributed by atoms with Crippen molar-refractivity contribution in [2.45, 2.75) is 30.6 Å². The van der Waals surface area contributed by atoms with Gasteiger partial charge in [0.2, 0.25) is 10.0 Å². The largest absolute Gasteiger partial charge is 0.379 e. The number of morpholine rings is 1. The van der Waals surface area contributed by atoms with Crippen LogP contribution in [-0.4, -0.2) is 47.4 Å². The first kappa shape index (κ1) is 21.7. The summed E-state index contributed by atoms with van der Waals surface area (Å²) in [6.07, 6.45) is 0. The molecule has 1 aliphatic heterocycles.